The molecule has 0 radical (unpaired) electrons. The first-order chi connectivity index (χ1) is 8.13. The summed E-state index contributed by atoms with van der Waals surface area (Å²) >= 11 is 0. The Morgan fingerprint density at radius 3 is 2.76 bits per heavy atom. The molecular weight excluding hydrogens is 210 g/mol. The van der Waals surface area contributed by atoms with Gasteiger partial charge in [-0.2, -0.15) is 5.10 Å². The van der Waals surface area contributed by atoms with E-state index in [-0.39, 0.29) is 6.04 Å². The zero-order valence-corrected chi connectivity index (χ0v) is 10.6. The summed E-state index contributed by atoms with van der Waals surface area (Å²) in [5.74, 6) is 0. The van der Waals surface area contributed by atoms with Gasteiger partial charge in [-0.3, -0.25) is 4.68 Å². The van der Waals surface area contributed by atoms with Crippen molar-refractivity contribution in [3.05, 3.63) is 41.7 Å². The van der Waals surface area contributed by atoms with Gasteiger partial charge in [0.25, 0.3) is 0 Å². The Labute approximate surface area is 102 Å². The van der Waals surface area contributed by atoms with E-state index in [1.165, 1.54) is 22.4 Å². The highest BCUT2D eigenvalue weighted by Gasteiger charge is 2.09. The molecule has 2 N–H and O–H groups in total. The van der Waals surface area contributed by atoms with E-state index in [1.54, 1.807) is 0 Å². The van der Waals surface area contributed by atoms with Crippen LogP contribution in [0.5, 0.6) is 0 Å². The molecule has 0 aliphatic carbocycles. The van der Waals surface area contributed by atoms with Crippen molar-refractivity contribution in [1.82, 2.24) is 9.78 Å². The molecule has 0 saturated heterocycles. The van der Waals surface area contributed by atoms with E-state index < -0.39 is 0 Å². The van der Waals surface area contributed by atoms with Crippen molar-refractivity contribution in [2.75, 3.05) is 0 Å². The zero-order chi connectivity index (χ0) is 12.4. The van der Waals surface area contributed by atoms with Gasteiger partial charge in [-0.05, 0) is 30.5 Å². The van der Waals surface area contributed by atoms with E-state index in [9.17, 15) is 0 Å². The fourth-order valence-corrected chi connectivity index (χ4v) is 1.95. The molecule has 1 aromatic carbocycles. The van der Waals surface area contributed by atoms with Crippen LogP contribution in [0.2, 0.25) is 0 Å². The molecule has 3 nitrogen and oxygen atoms in total. The minimum Gasteiger partial charge on any atom is -0.324 e. The molecule has 0 aliphatic rings. The quantitative estimate of drug-likeness (QED) is 0.879. The molecule has 1 atom stereocenters. The third-order valence-electron chi connectivity index (χ3n) is 3.30. The van der Waals surface area contributed by atoms with Crippen LogP contribution in [-0.4, -0.2) is 9.78 Å². The van der Waals surface area contributed by atoms with E-state index in [0.717, 1.165) is 6.42 Å². The zero-order valence-electron chi connectivity index (χ0n) is 10.6. The topological polar surface area (TPSA) is 43.8 Å². The Morgan fingerprint density at radius 2 is 2.18 bits per heavy atom. The Hall–Kier alpha value is -1.61. The van der Waals surface area contributed by atoms with Crippen molar-refractivity contribution in [2.24, 2.45) is 12.8 Å². The smallest absolute Gasteiger partial charge is 0.0571 e. The molecule has 0 amide bonds. The second-order valence-corrected chi connectivity index (χ2v) is 4.41. The highest BCUT2D eigenvalue weighted by molar-refractivity contribution is 5.66. The van der Waals surface area contributed by atoms with Gasteiger partial charge < -0.3 is 5.73 Å². The normalized spacial score (nSPS) is 12.7. The average molecular weight is 229 g/mol. The number of rotatable bonds is 3. The molecule has 90 valence electrons. The second kappa shape index (κ2) is 4.72. The molecule has 0 fully saturated rings. The molecule has 0 spiro atoms. The van der Waals surface area contributed by atoms with Crippen molar-refractivity contribution >= 4 is 0 Å². The molecule has 1 unspecified atom stereocenters. The van der Waals surface area contributed by atoms with Crippen LogP contribution in [0.25, 0.3) is 11.1 Å². The summed E-state index contributed by atoms with van der Waals surface area (Å²) in [6.45, 7) is 4.18. The van der Waals surface area contributed by atoms with Crippen molar-refractivity contribution in [3.8, 4) is 11.1 Å². The number of aryl methyl sites for hydroxylation is 1. The van der Waals surface area contributed by atoms with Crippen LogP contribution in [0, 0.1) is 6.92 Å². The van der Waals surface area contributed by atoms with Gasteiger partial charge in [0.2, 0.25) is 0 Å². The SMILES string of the molecule is CCC(N)c1cccc(-c2cnn(C)c2C)c1. The van der Waals surface area contributed by atoms with Gasteiger partial charge in [-0.1, -0.05) is 25.1 Å². The molecule has 1 aromatic heterocycles. The molecule has 0 aliphatic heterocycles. The van der Waals surface area contributed by atoms with Crippen LogP contribution in [0.1, 0.15) is 30.6 Å². The largest absolute Gasteiger partial charge is 0.324 e. The Morgan fingerprint density at radius 1 is 1.41 bits per heavy atom. The maximum Gasteiger partial charge on any atom is 0.0571 e. The third-order valence-corrected chi connectivity index (χ3v) is 3.30. The summed E-state index contributed by atoms with van der Waals surface area (Å²) in [6, 6.07) is 8.54. The molecule has 0 saturated carbocycles. The lowest BCUT2D eigenvalue weighted by atomic mass is 9.99. The van der Waals surface area contributed by atoms with Gasteiger partial charge in [0.05, 0.1) is 6.20 Å². The fraction of sp³-hybridized carbons (Fsp3) is 0.357. The monoisotopic (exact) mass is 229 g/mol. The van der Waals surface area contributed by atoms with Crippen molar-refractivity contribution in [1.29, 1.82) is 0 Å². The number of hydrogen-bond donors (Lipinski definition) is 1. The summed E-state index contributed by atoms with van der Waals surface area (Å²) in [5.41, 5.74) is 10.8. The van der Waals surface area contributed by atoms with Crippen LogP contribution in [0.3, 0.4) is 0 Å². The maximum absolute atomic E-state index is 6.06. The van der Waals surface area contributed by atoms with Gasteiger partial charge in [0.15, 0.2) is 0 Å². The Kier molecular flexibility index (Phi) is 3.29. The van der Waals surface area contributed by atoms with E-state index >= 15 is 0 Å². The third kappa shape index (κ3) is 2.24. The summed E-state index contributed by atoms with van der Waals surface area (Å²) < 4.78 is 1.89. The summed E-state index contributed by atoms with van der Waals surface area (Å²) in [7, 11) is 1.96. The number of benzene rings is 1. The van der Waals surface area contributed by atoms with Gasteiger partial charge in [-0.25, -0.2) is 0 Å². The molecular formula is C14H19N3. The van der Waals surface area contributed by atoms with E-state index in [2.05, 4.69) is 43.2 Å². The molecule has 0 bridgehead atoms. The van der Waals surface area contributed by atoms with Crippen LogP contribution >= 0.6 is 0 Å². The van der Waals surface area contributed by atoms with Crippen LogP contribution in [0.15, 0.2) is 30.5 Å². The number of nitrogens with two attached hydrogens (primary N) is 1. The van der Waals surface area contributed by atoms with Crippen LogP contribution in [0.4, 0.5) is 0 Å². The first-order valence-electron chi connectivity index (χ1n) is 5.98. The molecule has 3 heteroatoms. The number of hydrogen-bond acceptors (Lipinski definition) is 2. The minimum atomic E-state index is 0.118. The summed E-state index contributed by atoms with van der Waals surface area (Å²) in [4.78, 5) is 0. The van der Waals surface area contributed by atoms with Crippen LogP contribution < -0.4 is 5.73 Å². The first-order valence-corrected chi connectivity index (χ1v) is 5.98. The molecule has 2 aromatic rings. The predicted molar refractivity (Wildman–Crippen MR) is 70.6 cm³/mol. The molecule has 2 rings (SSSR count). The Balaban J connectivity index is 2.43. The second-order valence-electron chi connectivity index (χ2n) is 4.41. The van der Waals surface area contributed by atoms with E-state index in [4.69, 9.17) is 5.73 Å². The molecule has 1 heterocycles. The Bertz CT molecular complexity index is 514. The van der Waals surface area contributed by atoms with Crippen molar-refractivity contribution < 1.29 is 0 Å². The highest BCUT2D eigenvalue weighted by Crippen LogP contribution is 2.25. The first kappa shape index (κ1) is 11.9. The lowest BCUT2D eigenvalue weighted by Crippen LogP contribution is -2.08. The lowest BCUT2D eigenvalue weighted by Gasteiger charge is -2.10. The van der Waals surface area contributed by atoms with Crippen molar-refractivity contribution in [3.63, 3.8) is 0 Å². The summed E-state index contributed by atoms with van der Waals surface area (Å²) in [5, 5.41) is 4.27. The maximum atomic E-state index is 6.06. The van der Waals surface area contributed by atoms with Crippen molar-refractivity contribution in [2.45, 2.75) is 26.3 Å². The highest BCUT2D eigenvalue weighted by atomic mass is 15.3. The van der Waals surface area contributed by atoms with E-state index in [1.807, 2.05) is 17.9 Å². The van der Waals surface area contributed by atoms with Gasteiger partial charge in [0.1, 0.15) is 0 Å². The number of nitrogens with zero attached hydrogens (tertiary/aromatic N) is 2. The lowest BCUT2D eigenvalue weighted by molar-refractivity contribution is 0.699. The summed E-state index contributed by atoms with van der Waals surface area (Å²) in [6.07, 6.45) is 2.86. The molecule has 17 heavy (non-hydrogen) atoms. The standard InChI is InChI=1S/C14H19N3/c1-4-14(15)12-7-5-6-11(8-12)13-9-16-17(3)10(13)2/h5-9,14H,4,15H2,1-3H3. The van der Waals surface area contributed by atoms with E-state index in [0.29, 0.717) is 0 Å². The fourth-order valence-electron chi connectivity index (χ4n) is 1.95. The van der Waals surface area contributed by atoms with Gasteiger partial charge in [0, 0.05) is 24.3 Å². The van der Waals surface area contributed by atoms with Gasteiger partial charge in [-0.15, -0.1) is 0 Å². The predicted octanol–water partition coefficient (Wildman–Crippen LogP) is 2.81. The minimum absolute atomic E-state index is 0.118. The average Bonchev–Trinajstić information content (AvgIpc) is 2.69. The van der Waals surface area contributed by atoms with Gasteiger partial charge >= 0.3 is 0 Å². The van der Waals surface area contributed by atoms with Crippen LogP contribution in [-0.2, 0) is 7.05 Å². The number of aromatic nitrogens is 2.